The second-order valence-corrected chi connectivity index (χ2v) is 19.9. The van der Waals surface area contributed by atoms with E-state index in [2.05, 4.69) is 53.0 Å². The van der Waals surface area contributed by atoms with Gasteiger partial charge in [0.05, 0.1) is 13.2 Å². The summed E-state index contributed by atoms with van der Waals surface area (Å²) >= 11 is 0. The smallest absolute Gasteiger partial charge is 0.302 e. The van der Waals surface area contributed by atoms with Crippen LogP contribution >= 0.6 is 0 Å². The molecule has 1 heterocycles. The summed E-state index contributed by atoms with van der Waals surface area (Å²) in [6.45, 7) is 26.3. The van der Waals surface area contributed by atoms with Crippen molar-refractivity contribution in [1.29, 1.82) is 0 Å². The van der Waals surface area contributed by atoms with Crippen molar-refractivity contribution in [2.24, 2.45) is 68.5 Å². The zero-order chi connectivity index (χ0) is 34.3. The first-order chi connectivity index (χ1) is 22.7. The van der Waals surface area contributed by atoms with Crippen molar-refractivity contribution in [1.82, 2.24) is 4.90 Å². The first-order valence-electron chi connectivity index (χ1n) is 20.3. The standard InChI is InChI=1S/C43H69NO4/c1-28(2)32-13-18-43(36(46)26-30-9-10-31(25-30)27-44-21-23-47-24-22-44)20-19-41(7)33(38(32)43)11-12-35-40(6)16-15-37(48-29(3)45)39(4,5)34(40)14-17-42(35,41)8/h30-35,37-38H,1,9-27H2,2-8H3/t30-,31?,32+,33-,34+,35-,37+,38-,40+,41-,42-,43-/m1/s1. The molecule has 7 fully saturated rings. The molecular weight excluding hydrogens is 594 g/mol. The number of nitrogens with zero attached hydrogens (tertiary/aromatic N) is 1. The van der Waals surface area contributed by atoms with E-state index < -0.39 is 0 Å². The van der Waals surface area contributed by atoms with E-state index >= 15 is 0 Å². The number of ketones is 1. The van der Waals surface area contributed by atoms with Gasteiger partial charge in [-0.3, -0.25) is 14.5 Å². The van der Waals surface area contributed by atoms with Crippen molar-refractivity contribution in [2.75, 3.05) is 32.8 Å². The van der Waals surface area contributed by atoms with Crippen LogP contribution < -0.4 is 0 Å². The van der Waals surface area contributed by atoms with Crippen LogP contribution in [0.5, 0.6) is 0 Å². The minimum atomic E-state index is -0.134. The molecule has 7 aliphatic rings. The molecule has 1 aliphatic heterocycles. The molecule has 1 saturated heterocycles. The lowest BCUT2D eigenvalue weighted by Crippen LogP contribution is -2.67. The number of morpholine rings is 1. The van der Waals surface area contributed by atoms with Crippen LogP contribution in [0.3, 0.4) is 0 Å². The number of Topliss-reactive ketones (excluding diaryl/α,β-unsaturated/α-hetero) is 1. The quantitative estimate of drug-likeness (QED) is 0.201. The highest BCUT2D eigenvalue weighted by Crippen LogP contribution is 2.77. The summed E-state index contributed by atoms with van der Waals surface area (Å²) in [7, 11) is 0. The molecular formula is C43H69NO4. The fourth-order valence-electron chi connectivity index (χ4n) is 15.2. The van der Waals surface area contributed by atoms with Gasteiger partial charge in [0.2, 0.25) is 0 Å². The van der Waals surface area contributed by atoms with Crippen LogP contribution in [-0.4, -0.2) is 55.6 Å². The molecule has 0 aromatic carbocycles. The zero-order valence-corrected chi connectivity index (χ0v) is 31.8. The molecule has 5 heteroatoms. The number of hydrogen-bond acceptors (Lipinski definition) is 5. The topological polar surface area (TPSA) is 55.8 Å². The van der Waals surface area contributed by atoms with Crippen molar-refractivity contribution >= 4 is 11.8 Å². The van der Waals surface area contributed by atoms with Crippen molar-refractivity contribution in [3.8, 4) is 0 Å². The normalized spacial score (nSPS) is 48.5. The average molecular weight is 664 g/mol. The maximum absolute atomic E-state index is 14.9. The van der Waals surface area contributed by atoms with Crippen molar-refractivity contribution in [3.05, 3.63) is 12.2 Å². The summed E-state index contributed by atoms with van der Waals surface area (Å²) in [6.07, 6.45) is 16.4. The van der Waals surface area contributed by atoms with E-state index in [1.165, 1.54) is 63.5 Å². The molecule has 48 heavy (non-hydrogen) atoms. The second kappa shape index (κ2) is 12.5. The molecule has 0 aromatic heterocycles. The van der Waals surface area contributed by atoms with Crippen molar-refractivity contribution < 1.29 is 19.1 Å². The molecule has 0 spiro atoms. The molecule has 0 N–H and O–H groups in total. The first kappa shape index (κ1) is 35.2. The Bertz CT molecular complexity index is 1270. The van der Waals surface area contributed by atoms with Gasteiger partial charge < -0.3 is 9.47 Å². The Morgan fingerprint density at radius 3 is 2.23 bits per heavy atom. The molecule has 0 radical (unpaired) electrons. The third-order valence-corrected chi connectivity index (χ3v) is 17.6. The summed E-state index contributed by atoms with van der Waals surface area (Å²) in [5, 5.41) is 0. The van der Waals surface area contributed by atoms with Gasteiger partial charge in [-0.2, -0.15) is 0 Å². The largest absolute Gasteiger partial charge is 0.462 e. The number of carbonyl (C=O) groups is 2. The summed E-state index contributed by atoms with van der Waals surface area (Å²) in [5.41, 5.74) is 1.95. The van der Waals surface area contributed by atoms with Crippen LogP contribution in [0.2, 0.25) is 0 Å². The zero-order valence-electron chi connectivity index (χ0n) is 31.8. The molecule has 6 aliphatic carbocycles. The van der Waals surface area contributed by atoms with Gasteiger partial charge >= 0.3 is 5.97 Å². The monoisotopic (exact) mass is 664 g/mol. The van der Waals surface area contributed by atoms with E-state index in [-0.39, 0.29) is 39.1 Å². The highest BCUT2D eigenvalue weighted by molar-refractivity contribution is 5.86. The summed E-state index contributed by atoms with van der Waals surface area (Å²) in [4.78, 5) is 29.6. The van der Waals surface area contributed by atoms with Crippen LogP contribution in [0.15, 0.2) is 12.2 Å². The third kappa shape index (κ3) is 5.35. The Kier molecular flexibility index (Phi) is 9.16. The van der Waals surface area contributed by atoms with Crippen LogP contribution in [0.4, 0.5) is 0 Å². The Hall–Kier alpha value is -1.20. The minimum Gasteiger partial charge on any atom is -0.462 e. The molecule has 7 rings (SSSR count). The van der Waals surface area contributed by atoms with E-state index in [1.54, 1.807) is 6.92 Å². The first-order valence-corrected chi connectivity index (χ1v) is 20.3. The SMILES string of the molecule is C=C(C)[C@@H]1CC[C@]2(C(=O)C[C@@H]3CCC(CN4CCOCC4)C3)CC[C@]3(C)[C@H](CC[C@@H]4[C@@]5(C)CC[C@H](OC(C)=O)C(C)(C)[C@@H]5CC[C@]43C)[C@@H]12. The molecule has 270 valence electrons. The van der Waals surface area contributed by atoms with E-state index in [9.17, 15) is 9.59 Å². The van der Waals surface area contributed by atoms with Crippen LogP contribution in [0.25, 0.3) is 0 Å². The molecule has 6 saturated carbocycles. The Labute approximate surface area is 293 Å². The molecule has 5 nitrogen and oxygen atoms in total. The van der Waals surface area contributed by atoms with E-state index in [0.717, 1.165) is 70.7 Å². The lowest BCUT2D eigenvalue weighted by Gasteiger charge is -2.73. The van der Waals surface area contributed by atoms with E-state index in [4.69, 9.17) is 9.47 Å². The van der Waals surface area contributed by atoms with Gasteiger partial charge in [-0.1, -0.05) is 46.8 Å². The minimum absolute atomic E-state index is 0.0101. The average Bonchev–Trinajstić information content (AvgIpc) is 3.64. The predicted octanol–water partition coefficient (Wildman–Crippen LogP) is 9.28. The maximum atomic E-state index is 14.9. The molecule has 12 atom stereocenters. The maximum Gasteiger partial charge on any atom is 0.302 e. The second-order valence-electron chi connectivity index (χ2n) is 19.9. The highest BCUT2D eigenvalue weighted by atomic mass is 16.5. The number of hydrogen-bond donors (Lipinski definition) is 0. The lowest BCUT2D eigenvalue weighted by atomic mass is 9.32. The van der Waals surface area contributed by atoms with Gasteiger partial charge in [-0.25, -0.2) is 0 Å². The van der Waals surface area contributed by atoms with Crippen molar-refractivity contribution in [3.63, 3.8) is 0 Å². The van der Waals surface area contributed by atoms with E-state index in [1.807, 2.05) is 0 Å². The van der Waals surface area contributed by atoms with Crippen LogP contribution in [0.1, 0.15) is 138 Å². The Morgan fingerprint density at radius 2 is 1.52 bits per heavy atom. The molecule has 1 unspecified atom stereocenters. The number of ether oxygens (including phenoxy) is 2. The Morgan fingerprint density at radius 1 is 0.792 bits per heavy atom. The number of fused-ring (bicyclic) bond motifs is 7. The van der Waals surface area contributed by atoms with Crippen molar-refractivity contribution in [2.45, 2.75) is 144 Å². The van der Waals surface area contributed by atoms with Gasteiger partial charge in [-0.15, -0.1) is 0 Å². The van der Waals surface area contributed by atoms with Gasteiger partial charge in [0, 0.05) is 43.8 Å². The summed E-state index contributed by atoms with van der Waals surface area (Å²) in [6, 6.07) is 0. The predicted molar refractivity (Wildman–Crippen MR) is 192 cm³/mol. The molecule has 0 aromatic rings. The Balaban J connectivity index is 1.12. The third-order valence-electron chi connectivity index (χ3n) is 17.6. The number of allylic oxidation sites excluding steroid dienone is 1. The van der Waals surface area contributed by atoms with Gasteiger partial charge in [0.1, 0.15) is 11.9 Å². The van der Waals surface area contributed by atoms with Crippen LogP contribution in [0, 0.1) is 68.5 Å². The summed E-state index contributed by atoms with van der Waals surface area (Å²) < 4.78 is 11.6. The van der Waals surface area contributed by atoms with Gasteiger partial charge in [0.25, 0.3) is 0 Å². The number of rotatable bonds is 7. The van der Waals surface area contributed by atoms with Crippen LogP contribution in [-0.2, 0) is 19.1 Å². The highest BCUT2D eigenvalue weighted by Gasteiger charge is 2.72. The van der Waals surface area contributed by atoms with E-state index in [0.29, 0.717) is 41.3 Å². The van der Waals surface area contributed by atoms with Gasteiger partial charge in [0.15, 0.2) is 0 Å². The van der Waals surface area contributed by atoms with Gasteiger partial charge in [-0.05, 0) is 148 Å². The lowest BCUT2D eigenvalue weighted by molar-refractivity contribution is -0.248. The number of esters is 1. The summed E-state index contributed by atoms with van der Waals surface area (Å²) in [5.74, 6) is 4.63. The molecule has 0 bridgehead atoms. The molecule has 0 amide bonds. The fourth-order valence-corrected chi connectivity index (χ4v) is 15.2. The fraction of sp³-hybridized carbons (Fsp3) is 0.907. The number of carbonyl (C=O) groups excluding carboxylic acids is 2.